The summed E-state index contributed by atoms with van der Waals surface area (Å²) in [5.74, 6) is 0.804. The summed E-state index contributed by atoms with van der Waals surface area (Å²) in [6, 6.07) is 10.9. The van der Waals surface area contributed by atoms with Gasteiger partial charge in [-0.05, 0) is 36.3 Å². The van der Waals surface area contributed by atoms with Gasteiger partial charge in [0, 0.05) is 30.6 Å². The lowest BCUT2D eigenvalue weighted by Gasteiger charge is -2.11. The average molecular weight is 346 g/mol. The van der Waals surface area contributed by atoms with Crippen molar-refractivity contribution in [1.29, 1.82) is 0 Å². The van der Waals surface area contributed by atoms with Gasteiger partial charge in [0.2, 0.25) is 0 Å². The van der Waals surface area contributed by atoms with Crippen molar-refractivity contribution in [3.8, 4) is 0 Å². The predicted octanol–water partition coefficient (Wildman–Crippen LogP) is 3.34. The van der Waals surface area contributed by atoms with E-state index in [2.05, 4.69) is 27.1 Å². The molecule has 1 heterocycles. The number of non-ortho nitro benzene ring substituents is 1. The third kappa shape index (κ3) is 6.00. The summed E-state index contributed by atoms with van der Waals surface area (Å²) in [5.41, 5.74) is 1.27. The third-order valence-corrected chi connectivity index (χ3v) is 4.44. The van der Waals surface area contributed by atoms with Crippen molar-refractivity contribution in [3.63, 3.8) is 0 Å². The molecule has 2 N–H and O–H groups in total. The molecule has 0 fully saturated rings. The van der Waals surface area contributed by atoms with Crippen molar-refractivity contribution in [2.45, 2.75) is 25.8 Å². The Labute approximate surface area is 145 Å². The van der Waals surface area contributed by atoms with Gasteiger partial charge >= 0.3 is 0 Å². The smallest absolute Gasteiger partial charge is 0.269 e. The van der Waals surface area contributed by atoms with Gasteiger partial charge in [0.1, 0.15) is 0 Å². The molecule has 0 atom stereocenters. The van der Waals surface area contributed by atoms with Crippen molar-refractivity contribution >= 4 is 23.0 Å². The fourth-order valence-electron chi connectivity index (χ4n) is 2.25. The van der Waals surface area contributed by atoms with Crippen LogP contribution in [0.5, 0.6) is 0 Å². The summed E-state index contributed by atoms with van der Waals surface area (Å²) in [5, 5.41) is 19.3. The van der Waals surface area contributed by atoms with Crippen LogP contribution in [0.25, 0.3) is 0 Å². The number of hydrogen-bond acceptors (Lipinski definition) is 4. The number of nitrogens with one attached hydrogen (secondary N) is 2. The Bertz CT molecular complexity index is 654. The van der Waals surface area contributed by atoms with Crippen LogP contribution in [-0.2, 0) is 13.0 Å². The van der Waals surface area contributed by atoms with E-state index in [1.165, 1.54) is 4.88 Å². The van der Waals surface area contributed by atoms with E-state index < -0.39 is 0 Å². The van der Waals surface area contributed by atoms with Gasteiger partial charge in [0.05, 0.1) is 11.5 Å². The Morgan fingerprint density at radius 3 is 2.62 bits per heavy atom. The molecule has 0 bridgehead atoms. The fourth-order valence-corrected chi connectivity index (χ4v) is 2.89. The van der Waals surface area contributed by atoms with Crippen LogP contribution in [0.2, 0.25) is 0 Å². The lowest BCUT2D eigenvalue weighted by molar-refractivity contribution is -0.384. The molecule has 1 aromatic heterocycles. The Kier molecular flexibility index (Phi) is 7.22. The van der Waals surface area contributed by atoms with Gasteiger partial charge in [-0.25, -0.2) is 0 Å². The Morgan fingerprint density at radius 2 is 2.00 bits per heavy atom. The van der Waals surface area contributed by atoms with Crippen molar-refractivity contribution in [2.75, 3.05) is 13.6 Å². The van der Waals surface area contributed by atoms with Crippen LogP contribution >= 0.6 is 11.3 Å². The van der Waals surface area contributed by atoms with Gasteiger partial charge in [-0.3, -0.25) is 15.1 Å². The van der Waals surface area contributed by atoms with E-state index in [4.69, 9.17) is 0 Å². The number of rotatable bonds is 8. The molecule has 0 spiro atoms. The number of aliphatic imine (C=N–C) groups is 1. The highest BCUT2D eigenvalue weighted by Gasteiger charge is 2.04. The van der Waals surface area contributed by atoms with Gasteiger partial charge < -0.3 is 10.6 Å². The summed E-state index contributed by atoms with van der Waals surface area (Å²) in [6.07, 6.45) is 2.95. The van der Waals surface area contributed by atoms with Gasteiger partial charge in [0.15, 0.2) is 5.96 Å². The Hall–Kier alpha value is -2.41. The topological polar surface area (TPSA) is 79.6 Å². The minimum Gasteiger partial charge on any atom is -0.356 e. The summed E-state index contributed by atoms with van der Waals surface area (Å²) in [6.45, 7) is 1.62. The zero-order valence-electron chi connectivity index (χ0n) is 13.7. The zero-order chi connectivity index (χ0) is 17.2. The quantitative estimate of drug-likeness (QED) is 0.253. The second-order valence-corrected chi connectivity index (χ2v) is 6.34. The first-order valence-corrected chi connectivity index (χ1v) is 8.77. The fraction of sp³-hybridized carbons (Fsp3) is 0.353. The molecule has 1 aromatic carbocycles. The first-order valence-electron chi connectivity index (χ1n) is 7.89. The van der Waals surface area contributed by atoms with Crippen molar-refractivity contribution < 1.29 is 4.92 Å². The minimum atomic E-state index is -0.373. The van der Waals surface area contributed by atoms with Gasteiger partial charge in [-0.15, -0.1) is 11.3 Å². The number of benzene rings is 1. The van der Waals surface area contributed by atoms with Crippen LogP contribution in [0.1, 0.15) is 23.3 Å². The molecule has 6 nitrogen and oxygen atoms in total. The number of nitro groups is 1. The molecule has 0 saturated heterocycles. The Balaban J connectivity index is 1.62. The van der Waals surface area contributed by atoms with E-state index in [9.17, 15) is 10.1 Å². The first-order chi connectivity index (χ1) is 11.7. The Morgan fingerprint density at radius 1 is 1.21 bits per heavy atom. The van der Waals surface area contributed by atoms with Crippen molar-refractivity contribution in [2.24, 2.45) is 4.99 Å². The van der Waals surface area contributed by atoms with E-state index in [0.29, 0.717) is 0 Å². The number of hydrogen-bond donors (Lipinski definition) is 2. The average Bonchev–Trinajstić information content (AvgIpc) is 3.11. The molecule has 2 aromatic rings. The third-order valence-electron chi connectivity index (χ3n) is 3.57. The summed E-state index contributed by atoms with van der Waals surface area (Å²) in [4.78, 5) is 15.7. The van der Waals surface area contributed by atoms with Gasteiger partial charge in [-0.1, -0.05) is 18.2 Å². The molecule has 128 valence electrons. The van der Waals surface area contributed by atoms with E-state index in [1.54, 1.807) is 30.5 Å². The summed E-state index contributed by atoms with van der Waals surface area (Å²) >= 11 is 1.72. The molecule has 0 saturated carbocycles. The van der Waals surface area contributed by atoms with Crippen LogP contribution in [0.3, 0.4) is 0 Å². The second-order valence-electron chi connectivity index (χ2n) is 5.31. The van der Waals surface area contributed by atoms with E-state index in [0.717, 1.165) is 43.9 Å². The first kappa shape index (κ1) is 17.9. The highest BCUT2D eigenvalue weighted by Crippen LogP contribution is 2.13. The van der Waals surface area contributed by atoms with Crippen LogP contribution in [0.4, 0.5) is 5.69 Å². The molecular weight excluding hydrogens is 324 g/mol. The second kappa shape index (κ2) is 9.67. The summed E-state index contributed by atoms with van der Waals surface area (Å²) < 4.78 is 0. The molecule has 24 heavy (non-hydrogen) atoms. The molecule has 0 amide bonds. The van der Waals surface area contributed by atoms with E-state index in [-0.39, 0.29) is 10.6 Å². The molecule has 0 aliphatic carbocycles. The highest BCUT2D eigenvalue weighted by molar-refractivity contribution is 7.09. The predicted molar refractivity (Wildman–Crippen MR) is 98.6 cm³/mol. The van der Waals surface area contributed by atoms with E-state index >= 15 is 0 Å². The normalized spacial score (nSPS) is 11.3. The molecule has 2 rings (SSSR count). The molecule has 0 aliphatic heterocycles. The number of guanidine groups is 1. The van der Waals surface area contributed by atoms with Gasteiger partial charge in [-0.2, -0.15) is 0 Å². The molecular formula is C17H22N4O2S. The van der Waals surface area contributed by atoms with Gasteiger partial charge in [0.25, 0.3) is 5.69 Å². The maximum atomic E-state index is 10.6. The van der Waals surface area contributed by atoms with Crippen molar-refractivity contribution in [1.82, 2.24) is 10.6 Å². The van der Waals surface area contributed by atoms with Crippen LogP contribution in [0.15, 0.2) is 46.8 Å². The lowest BCUT2D eigenvalue weighted by atomic mass is 10.1. The monoisotopic (exact) mass is 346 g/mol. The molecule has 0 unspecified atom stereocenters. The van der Waals surface area contributed by atoms with Crippen LogP contribution in [-0.4, -0.2) is 24.5 Å². The number of thiophene rings is 1. The van der Waals surface area contributed by atoms with Crippen LogP contribution < -0.4 is 10.6 Å². The van der Waals surface area contributed by atoms with E-state index in [1.807, 2.05) is 18.2 Å². The summed E-state index contributed by atoms with van der Waals surface area (Å²) in [7, 11) is 1.76. The largest absolute Gasteiger partial charge is 0.356 e. The standard InChI is InChI=1S/C17H22N4O2S/c1-18-17(20-13-16-6-4-12-24-16)19-11-3-2-5-14-7-9-15(10-8-14)21(22)23/h4,6-10,12H,2-3,5,11,13H2,1H3,(H2,18,19,20). The highest BCUT2D eigenvalue weighted by atomic mass is 32.1. The van der Waals surface area contributed by atoms with Crippen LogP contribution in [0, 0.1) is 10.1 Å². The maximum Gasteiger partial charge on any atom is 0.269 e. The number of aryl methyl sites for hydroxylation is 1. The number of nitro benzene ring substituents is 1. The SMILES string of the molecule is CN=C(NCCCCc1ccc([N+](=O)[O-])cc1)NCc1cccs1. The molecule has 7 heteroatoms. The number of nitrogens with zero attached hydrogens (tertiary/aromatic N) is 2. The minimum absolute atomic E-state index is 0.140. The molecule has 0 radical (unpaired) electrons. The number of unbranched alkanes of at least 4 members (excludes halogenated alkanes) is 1. The maximum absolute atomic E-state index is 10.6. The zero-order valence-corrected chi connectivity index (χ0v) is 14.5. The lowest BCUT2D eigenvalue weighted by Crippen LogP contribution is -2.37. The van der Waals surface area contributed by atoms with Crippen molar-refractivity contribution in [3.05, 3.63) is 62.3 Å². The molecule has 0 aliphatic rings.